The molecule has 2 atom stereocenters. The molecule has 0 radical (unpaired) electrons. The quantitative estimate of drug-likeness (QED) is 0.599. The summed E-state index contributed by atoms with van der Waals surface area (Å²) in [4.78, 5) is 53.0. The van der Waals surface area contributed by atoms with Gasteiger partial charge in [-0.1, -0.05) is 11.3 Å². The van der Waals surface area contributed by atoms with Gasteiger partial charge in [0, 0.05) is 31.5 Å². The molecular weight excluding hydrogens is 454 g/mol. The third-order valence-corrected chi connectivity index (χ3v) is 6.57. The van der Waals surface area contributed by atoms with Crippen LogP contribution < -0.4 is 5.32 Å². The number of rotatable bonds is 5. The van der Waals surface area contributed by atoms with Crippen LogP contribution in [0.2, 0.25) is 0 Å². The molecule has 3 aliphatic rings. The van der Waals surface area contributed by atoms with Gasteiger partial charge in [-0.3, -0.25) is 24.5 Å². The minimum Gasteiger partial charge on any atom is -0.377 e. The number of nitrogens with zero attached hydrogens (tertiary/aromatic N) is 6. The summed E-state index contributed by atoms with van der Waals surface area (Å²) in [5.74, 6) is -1.37. The second-order valence-electron chi connectivity index (χ2n) is 8.71. The molecule has 0 aliphatic carbocycles. The summed E-state index contributed by atoms with van der Waals surface area (Å²) in [5.41, 5.74) is 1.93. The molecule has 3 aliphatic heterocycles. The molecular formula is C23H23N7O5. The lowest BCUT2D eigenvalue weighted by atomic mass is 10.0. The van der Waals surface area contributed by atoms with Crippen LogP contribution in [-0.4, -0.2) is 80.3 Å². The average molecular weight is 477 g/mol. The molecule has 1 aromatic carbocycles. The first-order valence-electron chi connectivity index (χ1n) is 11.4. The number of carbonyl (C=O) groups excluding carboxylic acids is 4. The molecule has 5 rings (SSSR count). The molecule has 0 bridgehead atoms. The second kappa shape index (κ2) is 9.27. The van der Waals surface area contributed by atoms with Gasteiger partial charge in [-0.25, -0.2) is 4.68 Å². The highest BCUT2D eigenvalue weighted by atomic mass is 16.5. The smallest absolute Gasteiger partial charge is 0.276 e. The second-order valence-corrected chi connectivity index (χ2v) is 8.71. The van der Waals surface area contributed by atoms with Gasteiger partial charge in [-0.2, -0.15) is 5.26 Å². The molecule has 2 saturated heterocycles. The highest BCUT2D eigenvalue weighted by Gasteiger charge is 2.39. The first-order chi connectivity index (χ1) is 17.0. The number of morpholine rings is 1. The number of ether oxygens (including phenoxy) is 1. The fraction of sp³-hybridized carbons (Fsp3) is 0.435. The normalized spacial score (nSPS) is 22.1. The number of piperidine rings is 1. The summed E-state index contributed by atoms with van der Waals surface area (Å²) in [6.45, 7) is 1.48. The van der Waals surface area contributed by atoms with Gasteiger partial charge in [-0.05, 0) is 30.5 Å². The van der Waals surface area contributed by atoms with Crippen LogP contribution in [-0.2, 0) is 20.9 Å². The molecule has 4 heterocycles. The highest BCUT2D eigenvalue weighted by molar-refractivity contribution is 6.05. The lowest BCUT2D eigenvalue weighted by Gasteiger charge is -2.34. The number of fused-ring (bicyclic) bond motifs is 1. The molecule has 0 saturated carbocycles. The van der Waals surface area contributed by atoms with E-state index in [1.807, 2.05) is 0 Å². The number of amides is 4. The maximum atomic E-state index is 13.1. The molecule has 4 amide bonds. The van der Waals surface area contributed by atoms with Gasteiger partial charge in [0.1, 0.15) is 6.04 Å². The molecule has 2 fully saturated rings. The molecule has 2 aromatic rings. The number of hydrogen-bond donors (Lipinski definition) is 1. The van der Waals surface area contributed by atoms with E-state index in [0.29, 0.717) is 50.3 Å². The zero-order chi connectivity index (χ0) is 24.5. The molecule has 0 spiro atoms. The third-order valence-electron chi connectivity index (χ3n) is 6.57. The van der Waals surface area contributed by atoms with Gasteiger partial charge in [0.05, 0.1) is 37.2 Å². The van der Waals surface area contributed by atoms with E-state index in [-0.39, 0.29) is 42.4 Å². The van der Waals surface area contributed by atoms with E-state index >= 15 is 0 Å². The molecule has 12 heteroatoms. The van der Waals surface area contributed by atoms with E-state index in [1.54, 1.807) is 23.1 Å². The Morgan fingerprint density at radius 1 is 1.29 bits per heavy atom. The zero-order valence-electron chi connectivity index (χ0n) is 18.8. The molecule has 2 unspecified atom stereocenters. The van der Waals surface area contributed by atoms with Gasteiger partial charge >= 0.3 is 0 Å². The highest BCUT2D eigenvalue weighted by Crippen LogP contribution is 2.29. The topological polar surface area (TPSA) is 151 Å². The lowest BCUT2D eigenvalue weighted by Crippen LogP contribution is -2.52. The number of nitriles is 1. The minimum atomic E-state index is -0.686. The Kier molecular flexibility index (Phi) is 6.00. The Bertz CT molecular complexity index is 1250. The Morgan fingerprint density at radius 2 is 2.14 bits per heavy atom. The van der Waals surface area contributed by atoms with Crippen LogP contribution in [0, 0.1) is 11.3 Å². The van der Waals surface area contributed by atoms with Gasteiger partial charge in [0.25, 0.3) is 11.8 Å². The Labute approximate surface area is 200 Å². The van der Waals surface area contributed by atoms with Gasteiger partial charge in [-0.15, -0.1) is 5.10 Å². The van der Waals surface area contributed by atoms with E-state index in [4.69, 9.17) is 10.00 Å². The van der Waals surface area contributed by atoms with Crippen LogP contribution in [0.5, 0.6) is 0 Å². The van der Waals surface area contributed by atoms with Crippen LogP contribution in [0.4, 0.5) is 0 Å². The maximum absolute atomic E-state index is 13.1. The van der Waals surface area contributed by atoms with Crippen molar-refractivity contribution in [3.8, 4) is 11.8 Å². The summed E-state index contributed by atoms with van der Waals surface area (Å²) in [6, 6.07) is 6.44. The van der Waals surface area contributed by atoms with Gasteiger partial charge < -0.3 is 14.5 Å². The number of aromatic nitrogens is 3. The lowest BCUT2D eigenvalue weighted by molar-refractivity contribution is -0.136. The summed E-state index contributed by atoms with van der Waals surface area (Å²) in [6.07, 6.45) is 2.84. The Hall–Kier alpha value is -4.11. The first-order valence-corrected chi connectivity index (χ1v) is 11.4. The van der Waals surface area contributed by atoms with Crippen molar-refractivity contribution in [3.05, 3.63) is 41.2 Å². The fourth-order valence-electron chi connectivity index (χ4n) is 4.71. The number of hydrogen-bond acceptors (Lipinski definition) is 8. The SMILES string of the molecule is N#CCCC1COCCN1C(=O)c1cn(-c2ccc3c(c2)C(=O)N(C2CCC(=O)NC2=O)C3)nn1. The van der Waals surface area contributed by atoms with E-state index in [9.17, 15) is 19.2 Å². The third kappa shape index (κ3) is 4.26. The maximum Gasteiger partial charge on any atom is 0.276 e. The largest absolute Gasteiger partial charge is 0.377 e. The summed E-state index contributed by atoms with van der Waals surface area (Å²) >= 11 is 0. The Balaban J connectivity index is 1.33. The molecule has 1 N–H and O–H groups in total. The Morgan fingerprint density at radius 3 is 2.94 bits per heavy atom. The molecule has 12 nitrogen and oxygen atoms in total. The van der Waals surface area contributed by atoms with Crippen molar-refractivity contribution in [1.82, 2.24) is 30.1 Å². The number of benzene rings is 1. The predicted molar refractivity (Wildman–Crippen MR) is 118 cm³/mol. The average Bonchev–Trinajstić information content (AvgIpc) is 3.48. The van der Waals surface area contributed by atoms with Crippen molar-refractivity contribution in [2.45, 2.75) is 44.3 Å². The van der Waals surface area contributed by atoms with Crippen molar-refractivity contribution >= 4 is 23.6 Å². The van der Waals surface area contributed by atoms with E-state index in [2.05, 4.69) is 21.7 Å². The number of carbonyl (C=O) groups is 4. The van der Waals surface area contributed by atoms with Gasteiger partial charge in [0.15, 0.2) is 5.69 Å². The van der Waals surface area contributed by atoms with Gasteiger partial charge in [0.2, 0.25) is 11.8 Å². The van der Waals surface area contributed by atoms with Crippen LogP contribution in [0.1, 0.15) is 52.1 Å². The summed E-state index contributed by atoms with van der Waals surface area (Å²) in [7, 11) is 0. The summed E-state index contributed by atoms with van der Waals surface area (Å²) in [5, 5.41) is 19.3. The minimum absolute atomic E-state index is 0.158. The van der Waals surface area contributed by atoms with Crippen LogP contribution in [0.3, 0.4) is 0 Å². The van der Waals surface area contributed by atoms with Crippen molar-refractivity contribution in [2.75, 3.05) is 19.8 Å². The number of nitrogens with one attached hydrogen (secondary N) is 1. The number of imide groups is 1. The fourth-order valence-corrected chi connectivity index (χ4v) is 4.71. The summed E-state index contributed by atoms with van der Waals surface area (Å²) < 4.78 is 6.90. The molecule has 35 heavy (non-hydrogen) atoms. The van der Waals surface area contributed by atoms with E-state index in [0.717, 1.165) is 5.56 Å². The van der Waals surface area contributed by atoms with Crippen molar-refractivity contribution in [2.24, 2.45) is 0 Å². The van der Waals surface area contributed by atoms with Crippen molar-refractivity contribution in [3.63, 3.8) is 0 Å². The van der Waals surface area contributed by atoms with Crippen molar-refractivity contribution in [1.29, 1.82) is 5.26 Å². The first kappa shape index (κ1) is 22.7. The predicted octanol–water partition coefficient (Wildman–Crippen LogP) is 0.173. The standard InChI is InChI=1S/C23H23N7O5/c24-7-1-2-16-13-35-9-8-28(16)23(34)18-12-30(27-26-18)15-4-3-14-11-29(22(33)17(14)10-15)19-5-6-20(31)25-21(19)32/h3-4,10,12,16,19H,1-2,5-6,8-9,11,13H2,(H,25,31,32). The zero-order valence-corrected chi connectivity index (χ0v) is 18.8. The van der Waals surface area contributed by atoms with Crippen LogP contribution in [0.25, 0.3) is 5.69 Å². The van der Waals surface area contributed by atoms with Crippen LogP contribution >= 0.6 is 0 Å². The van der Waals surface area contributed by atoms with Crippen molar-refractivity contribution < 1.29 is 23.9 Å². The van der Waals surface area contributed by atoms with E-state index < -0.39 is 11.9 Å². The monoisotopic (exact) mass is 477 g/mol. The molecule has 1 aromatic heterocycles. The van der Waals surface area contributed by atoms with E-state index in [1.165, 1.54) is 15.8 Å². The molecule has 180 valence electrons. The van der Waals surface area contributed by atoms with Crippen LogP contribution in [0.15, 0.2) is 24.4 Å².